The third-order valence-electron chi connectivity index (χ3n) is 4.09. The van der Waals surface area contributed by atoms with Crippen LogP contribution >= 0.6 is 11.3 Å². The number of nitriles is 1. The Morgan fingerprint density at radius 3 is 3.15 bits per heavy atom. The average molecular weight is 286 g/mol. The number of thiazole rings is 1. The van der Waals surface area contributed by atoms with E-state index in [2.05, 4.69) is 30.3 Å². The van der Waals surface area contributed by atoms with E-state index >= 15 is 0 Å². The summed E-state index contributed by atoms with van der Waals surface area (Å²) in [6, 6.07) is 10.7. The quantitative estimate of drug-likeness (QED) is 0.940. The summed E-state index contributed by atoms with van der Waals surface area (Å²) in [6.07, 6.45) is 2.48. The van der Waals surface area contributed by atoms with Gasteiger partial charge in [0.2, 0.25) is 0 Å². The molecule has 1 aromatic heterocycles. The first kappa shape index (κ1) is 13.5. The van der Waals surface area contributed by atoms with E-state index in [4.69, 9.17) is 10.2 Å². The highest BCUT2D eigenvalue weighted by atomic mass is 32.1. The molecule has 2 aromatic rings. The summed E-state index contributed by atoms with van der Waals surface area (Å²) in [7, 11) is 0. The normalized spacial score (nSPS) is 24.4. The van der Waals surface area contributed by atoms with E-state index in [0.717, 1.165) is 18.6 Å². The second-order valence-corrected chi connectivity index (χ2v) is 6.86. The van der Waals surface area contributed by atoms with Gasteiger partial charge in [0.1, 0.15) is 5.01 Å². The number of fused-ring (bicyclic) bond motifs is 1. The van der Waals surface area contributed by atoms with Crippen molar-refractivity contribution in [1.29, 1.82) is 5.26 Å². The molecule has 1 unspecified atom stereocenters. The van der Waals surface area contributed by atoms with E-state index in [-0.39, 0.29) is 5.92 Å². The molecule has 0 radical (unpaired) electrons. The lowest BCUT2D eigenvalue weighted by Gasteiger charge is -2.29. The minimum Gasteiger partial charge on any atom is -0.333 e. The van der Waals surface area contributed by atoms with Gasteiger partial charge in [0, 0.05) is 0 Å². The lowest BCUT2D eigenvalue weighted by molar-refractivity contribution is -0.908. The molecule has 3 rings (SSSR count). The zero-order valence-electron chi connectivity index (χ0n) is 11.8. The second-order valence-electron chi connectivity index (χ2n) is 5.80. The Morgan fingerprint density at radius 2 is 2.35 bits per heavy atom. The number of nitrogens with one attached hydrogen (secondary N) is 1. The van der Waals surface area contributed by atoms with E-state index in [1.165, 1.54) is 29.1 Å². The lowest BCUT2D eigenvalue weighted by atomic mass is 9.98. The highest BCUT2D eigenvalue weighted by Crippen LogP contribution is 2.30. The van der Waals surface area contributed by atoms with Crippen LogP contribution in [0.15, 0.2) is 24.3 Å². The molecule has 0 amide bonds. The van der Waals surface area contributed by atoms with E-state index < -0.39 is 0 Å². The minimum atomic E-state index is 0.152. The number of rotatable bonds is 3. The van der Waals surface area contributed by atoms with Crippen LogP contribution in [0.3, 0.4) is 0 Å². The molecule has 1 aliphatic heterocycles. The number of piperidine rings is 1. The predicted octanol–water partition coefficient (Wildman–Crippen LogP) is 2.22. The predicted molar refractivity (Wildman–Crippen MR) is 81.9 cm³/mol. The van der Waals surface area contributed by atoms with Gasteiger partial charge in [0.15, 0.2) is 0 Å². The van der Waals surface area contributed by atoms with Gasteiger partial charge in [0.05, 0.1) is 47.8 Å². The first-order chi connectivity index (χ1) is 9.76. The third kappa shape index (κ3) is 2.84. The topological polar surface area (TPSA) is 41.1 Å². The number of likely N-dealkylation sites (tertiary alicyclic amines) is 1. The molecule has 1 fully saturated rings. The molecule has 0 spiro atoms. The van der Waals surface area contributed by atoms with Gasteiger partial charge in [0.25, 0.3) is 0 Å². The van der Waals surface area contributed by atoms with Crippen molar-refractivity contribution in [3.63, 3.8) is 0 Å². The van der Waals surface area contributed by atoms with Crippen LogP contribution in [0.1, 0.15) is 30.7 Å². The summed E-state index contributed by atoms with van der Waals surface area (Å²) < 4.78 is 1.29. The molecule has 104 valence electrons. The minimum absolute atomic E-state index is 0.152. The highest BCUT2D eigenvalue weighted by Gasteiger charge is 2.27. The Kier molecular flexibility index (Phi) is 4.00. The van der Waals surface area contributed by atoms with Crippen LogP contribution in [0.4, 0.5) is 0 Å². The standard InChI is InChI=1S/C16H19N3S/c1-12(9-17)10-19-8-4-5-13(11-19)16-18-14-6-2-3-7-15(14)20-16/h2-3,6-7,12-13H,4-5,8,10-11H2,1H3/p+1/t12-,13+/m1/s1. The molecule has 3 atom stereocenters. The fourth-order valence-corrected chi connectivity index (χ4v) is 4.19. The van der Waals surface area contributed by atoms with E-state index in [1.807, 2.05) is 18.3 Å². The molecule has 4 heteroatoms. The summed E-state index contributed by atoms with van der Waals surface area (Å²) in [6.45, 7) is 5.32. The maximum atomic E-state index is 8.97. The van der Waals surface area contributed by atoms with Gasteiger partial charge < -0.3 is 4.90 Å². The van der Waals surface area contributed by atoms with Gasteiger partial charge >= 0.3 is 0 Å². The summed E-state index contributed by atoms with van der Waals surface area (Å²) in [4.78, 5) is 6.37. The Bertz CT molecular complexity index is 595. The monoisotopic (exact) mass is 286 g/mol. The molecule has 1 saturated heterocycles. The van der Waals surface area contributed by atoms with Crippen LogP contribution in [-0.2, 0) is 0 Å². The van der Waals surface area contributed by atoms with Gasteiger partial charge in [-0.25, -0.2) is 4.98 Å². The molecule has 2 heterocycles. The van der Waals surface area contributed by atoms with Crippen molar-refractivity contribution in [2.24, 2.45) is 5.92 Å². The van der Waals surface area contributed by atoms with E-state index in [0.29, 0.717) is 5.92 Å². The molecular weight excluding hydrogens is 266 g/mol. The molecule has 0 bridgehead atoms. The zero-order chi connectivity index (χ0) is 13.9. The number of hydrogen-bond donors (Lipinski definition) is 1. The smallest absolute Gasteiger partial charge is 0.103 e. The Labute approximate surface area is 123 Å². The molecule has 0 saturated carbocycles. The van der Waals surface area contributed by atoms with Crippen molar-refractivity contribution in [3.05, 3.63) is 29.3 Å². The number of nitrogens with zero attached hydrogens (tertiary/aromatic N) is 2. The Morgan fingerprint density at radius 1 is 1.50 bits per heavy atom. The number of hydrogen-bond acceptors (Lipinski definition) is 3. The third-order valence-corrected chi connectivity index (χ3v) is 5.29. The van der Waals surface area contributed by atoms with Gasteiger partial charge in [-0.05, 0) is 31.9 Å². The van der Waals surface area contributed by atoms with Gasteiger partial charge in [-0.2, -0.15) is 5.26 Å². The zero-order valence-corrected chi connectivity index (χ0v) is 12.6. The van der Waals surface area contributed by atoms with Crippen molar-refractivity contribution >= 4 is 21.6 Å². The number of quaternary nitrogens is 1. The Hall–Kier alpha value is -1.44. The molecule has 0 aliphatic carbocycles. The van der Waals surface area contributed by atoms with Crippen LogP contribution in [0.25, 0.3) is 10.2 Å². The fourth-order valence-electron chi connectivity index (χ4n) is 3.09. The summed E-state index contributed by atoms with van der Waals surface area (Å²) in [5, 5.41) is 10.3. The molecule has 1 aliphatic rings. The van der Waals surface area contributed by atoms with Crippen molar-refractivity contribution in [2.75, 3.05) is 19.6 Å². The number of para-hydroxylation sites is 1. The molecule has 3 nitrogen and oxygen atoms in total. The maximum absolute atomic E-state index is 8.97. The van der Waals surface area contributed by atoms with Crippen molar-refractivity contribution in [3.8, 4) is 6.07 Å². The average Bonchev–Trinajstić information content (AvgIpc) is 2.91. The van der Waals surface area contributed by atoms with Gasteiger partial charge in [-0.3, -0.25) is 0 Å². The molecule has 1 N–H and O–H groups in total. The molecule has 1 aromatic carbocycles. The first-order valence-electron chi connectivity index (χ1n) is 7.35. The fraction of sp³-hybridized carbons (Fsp3) is 0.500. The largest absolute Gasteiger partial charge is 0.333 e. The maximum Gasteiger partial charge on any atom is 0.103 e. The van der Waals surface area contributed by atoms with Crippen molar-refractivity contribution in [2.45, 2.75) is 25.7 Å². The number of aromatic nitrogens is 1. The summed E-state index contributed by atoms with van der Waals surface area (Å²) in [5.41, 5.74) is 1.13. The van der Waals surface area contributed by atoms with Crippen LogP contribution in [0.5, 0.6) is 0 Å². The molecule has 20 heavy (non-hydrogen) atoms. The van der Waals surface area contributed by atoms with E-state index in [9.17, 15) is 0 Å². The van der Waals surface area contributed by atoms with Crippen LogP contribution < -0.4 is 4.90 Å². The van der Waals surface area contributed by atoms with Crippen LogP contribution in [0.2, 0.25) is 0 Å². The first-order valence-corrected chi connectivity index (χ1v) is 8.16. The summed E-state index contributed by atoms with van der Waals surface area (Å²) >= 11 is 1.84. The van der Waals surface area contributed by atoms with Crippen LogP contribution in [-0.4, -0.2) is 24.6 Å². The highest BCUT2D eigenvalue weighted by molar-refractivity contribution is 7.18. The lowest BCUT2D eigenvalue weighted by Crippen LogP contribution is -3.14. The van der Waals surface area contributed by atoms with Gasteiger partial charge in [-0.15, -0.1) is 11.3 Å². The van der Waals surface area contributed by atoms with Gasteiger partial charge in [-0.1, -0.05) is 12.1 Å². The number of benzene rings is 1. The molecular formula is C16H20N3S+. The SMILES string of the molecule is C[C@H](C#N)C[NH+]1CCC[C@H](c2nc3ccccc3s2)C1. The van der Waals surface area contributed by atoms with Crippen molar-refractivity contribution < 1.29 is 4.90 Å². The Balaban J connectivity index is 1.74. The van der Waals surface area contributed by atoms with Crippen LogP contribution in [0, 0.1) is 17.2 Å². The van der Waals surface area contributed by atoms with E-state index in [1.54, 1.807) is 4.90 Å². The van der Waals surface area contributed by atoms with Crippen molar-refractivity contribution in [1.82, 2.24) is 4.98 Å². The summed E-state index contributed by atoms with van der Waals surface area (Å²) in [5.74, 6) is 0.723. The second kappa shape index (κ2) is 5.90.